The summed E-state index contributed by atoms with van der Waals surface area (Å²) in [6.45, 7) is 7.37. The Morgan fingerprint density at radius 1 is 0.905 bits per heavy atom. The number of aryl methyl sites for hydroxylation is 1. The Kier molecular flexibility index (Phi) is 7.64. The molecule has 1 radical (unpaired) electrons. The minimum atomic E-state index is 0. The summed E-state index contributed by atoms with van der Waals surface area (Å²) in [5.74, 6) is 1.48. The Hall–Kier alpha value is -4.31. The van der Waals surface area contributed by atoms with Crippen molar-refractivity contribution in [1.82, 2.24) is 14.5 Å². The Bertz CT molecular complexity index is 2070. The normalized spacial score (nSPS) is 12.0. The number of allylic oxidation sites excluding steroid dienone is 1. The van der Waals surface area contributed by atoms with Gasteiger partial charge in [0.05, 0.1) is 22.4 Å². The smallest absolute Gasteiger partial charge is 0.120 e. The molecule has 209 valence electrons. The van der Waals surface area contributed by atoms with Crippen LogP contribution in [0.1, 0.15) is 36.5 Å². The Morgan fingerprint density at radius 2 is 1.76 bits per heavy atom. The predicted molar refractivity (Wildman–Crippen MR) is 168 cm³/mol. The number of aromatic nitrogens is 3. The number of nitrogens with zero attached hydrogens (tertiary/aromatic N) is 3. The maximum absolute atomic E-state index is 6.07. The van der Waals surface area contributed by atoms with E-state index in [1.807, 2.05) is 48.7 Å². The zero-order chi connectivity index (χ0) is 27.9. The summed E-state index contributed by atoms with van der Waals surface area (Å²) in [7, 11) is 0. The number of furan rings is 1. The second-order valence-electron chi connectivity index (χ2n) is 10.8. The van der Waals surface area contributed by atoms with Gasteiger partial charge in [0.15, 0.2) is 0 Å². The van der Waals surface area contributed by atoms with Crippen molar-refractivity contribution in [2.75, 3.05) is 0 Å². The molecule has 4 nitrogen and oxygen atoms in total. The maximum atomic E-state index is 6.07. The monoisotopic (exact) mass is 724 g/mol. The van der Waals surface area contributed by atoms with Crippen LogP contribution in [-0.4, -0.2) is 14.5 Å². The molecule has 0 saturated carbocycles. The van der Waals surface area contributed by atoms with E-state index in [0.717, 1.165) is 56.6 Å². The minimum absolute atomic E-state index is 0. The molecule has 3 aromatic heterocycles. The summed E-state index contributed by atoms with van der Waals surface area (Å²) in [4.78, 5) is 9.33. The Morgan fingerprint density at radius 3 is 2.60 bits per heavy atom. The van der Waals surface area contributed by atoms with Gasteiger partial charge in [-0.05, 0) is 53.9 Å². The van der Waals surface area contributed by atoms with Gasteiger partial charge in [-0.3, -0.25) is 4.98 Å². The van der Waals surface area contributed by atoms with Gasteiger partial charge >= 0.3 is 0 Å². The van der Waals surface area contributed by atoms with Crippen molar-refractivity contribution in [3.05, 3.63) is 126 Å². The molecule has 0 N–H and O–H groups in total. The number of hydrogen-bond donors (Lipinski definition) is 0. The molecule has 0 amide bonds. The zero-order valence-electron chi connectivity index (χ0n) is 23.7. The van der Waals surface area contributed by atoms with E-state index in [0.29, 0.717) is 5.92 Å². The molecule has 0 bridgehead atoms. The molecular weight excluding hydrogens is 695 g/mol. The molecule has 7 aromatic rings. The van der Waals surface area contributed by atoms with Crippen LogP contribution >= 0.6 is 0 Å². The second-order valence-corrected chi connectivity index (χ2v) is 10.8. The molecule has 0 unspecified atom stereocenters. The molecule has 0 spiro atoms. The summed E-state index contributed by atoms with van der Waals surface area (Å²) in [6.07, 6.45) is 6.24. The van der Waals surface area contributed by atoms with E-state index in [1.165, 1.54) is 22.2 Å². The van der Waals surface area contributed by atoms with Crippen LogP contribution < -0.4 is 0 Å². The van der Waals surface area contributed by atoms with Gasteiger partial charge in [0, 0.05) is 38.2 Å². The largest absolute Gasteiger partial charge is 0.501 e. The molecular formula is C37H29IrN3O-2. The van der Waals surface area contributed by atoms with Crippen molar-refractivity contribution in [3.63, 3.8) is 0 Å². The fraction of sp³-hybridized carbons (Fsp3) is 0.135. The number of imidazole rings is 1. The molecule has 0 saturated heterocycles. The average Bonchev–Trinajstić information content (AvgIpc) is 3.57. The van der Waals surface area contributed by atoms with Gasteiger partial charge in [-0.1, -0.05) is 66.8 Å². The summed E-state index contributed by atoms with van der Waals surface area (Å²) >= 11 is 0. The predicted octanol–water partition coefficient (Wildman–Crippen LogP) is 9.41. The quantitative estimate of drug-likeness (QED) is 0.171. The number of hydrogen-bond acceptors (Lipinski definition) is 3. The van der Waals surface area contributed by atoms with Crippen molar-refractivity contribution in [2.24, 2.45) is 0 Å². The molecule has 1 aliphatic rings. The van der Waals surface area contributed by atoms with Gasteiger partial charge < -0.3 is 14.0 Å². The first-order chi connectivity index (χ1) is 20.1. The second kappa shape index (κ2) is 11.5. The fourth-order valence-electron chi connectivity index (χ4n) is 5.60. The molecule has 4 heterocycles. The van der Waals surface area contributed by atoms with Crippen molar-refractivity contribution >= 4 is 39.0 Å². The number of pyridine rings is 1. The molecule has 8 rings (SSSR count). The van der Waals surface area contributed by atoms with Crippen LogP contribution in [0.2, 0.25) is 0 Å². The van der Waals surface area contributed by atoms with Crippen molar-refractivity contribution in [3.8, 4) is 22.6 Å². The van der Waals surface area contributed by atoms with Crippen LogP contribution in [0.5, 0.6) is 0 Å². The third kappa shape index (κ3) is 5.00. The molecule has 0 fully saturated rings. The molecule has 0 aliphatic carbocycles. The van der Waals surface area contributed by atoms with E-state index in [4.69, 9.17) is 9.40 Å². The van der Waals surface area contributed by atoms with Gasteiger partial charge in [-0.25, -0.2) is 0 Å². The van der Waals surface area contributed by atoms with Crippen LogP contribution in [0, 0.1) is 19.1 Å². The van der Waals surface area contributed by atoms with Crippen LogP contribution in [0.15, 0.2) is 102 Å². The van der Waals surface area contributed by atoms with Gasteiger partial charge in [0.1, 0.15) is 5.58 Å². The Balaban J connectivity index is 0.000000148. The first-order valence-electron chi connectivity index (χ1n) is 14.0. The molecule has 0 atom stereocenters. The number of rotatable bonds is 3. The van der Waals surface area contributed by atoms with Crippen LogP contribution in [0.25, 0.3) is 61.7 Å². The molecule has 1 aliphatic heterocycles. The zero-order valence-corrected chi connectivity index (χ0v) is 26.1. The SMILES string of the molecule is CC(C)c1ccnc(-c2[c-]ccc3c2oc2ccccc23)c1.Cc1cc2c3c(c1)nc(-c1[c-]cccc1)n3CC=C2.[Ir]. The summed E-state index contributed by atoms with van der Waals surface area (Å²) in [5.41, 5.74) is 10.7. The standard InChI is InChI=1S/C20H16NO.C17H13N2.Ir/c1-13(2)14-10-11-21-18(12-14)17-8-5-7-16-15-6-3-4-9-19(15)22-20(16)17;1-12-10-14-8-5-9-19-16(14)15(11-12)18-17(19)13-6-3-2-4-7-13;/h3-7,9-13H,1-2H3;2-6,8,10-11H,9H2,1H3;/q2*-1;. The van der Waals surface area contributed by atoms with Gasteiger partial charge in [-0.15, -0.1) is 54.1 Å². The summed E-state index contributed by atoms with van der Waals surface area (Å²) in [6, 6.07) is 35.3. The van der Waals surface area contributed by atoms with Crippen molar-refractivity contribution in [1.29, 1.82) is 0 Å². The third-order valence-electron chi connectivity index (χ3n) is 7.60. The van der Waals surface area contributed by atoms with E-state index >= 15 is 0 Å². The third-order valence-corrected chi connectivity index (χ3v) is 7.60. The average molecular weight is 724 g/mol. The van der Waals surface area contributed by atoms with Crippen molar-refractivity contribution < 1.29 is 24.5 Å². The molecule has 5 heteroatoms. The van der Waals surface area contributed by atoms with Crippen molar-refractivity contribution in [2.45, 2.75) is 33.2 Å². The molecule has 4 aromatic carbocycles. The van der Waals surface area contributed by atoms with Crippen LogP contribution in [0.4, 0.5) is 0 Å². The van der Waals surface area contributed by atoms with Crippen LogP contribution in [-0.2, 0) is 26.7 Å². The topological polar surface area (TPSA) is 43.9 Å². The van der Waals surface area contributed by atoms with Gasteiger partial charge in [0.25, 0.3) is 0 Å². The van der Waals surface area contributed by atoms with Gasteiger partial charge in [0.2, 0.25) is 0 Å². The van der Waals surface area contributed by atoms with E-state index in [2.05, 4.69) is 97.1 Å². The van der Waals surface area contributed by atoms with Crippen LogP contribution in [0.3, 0.4) is 0 Å². The number of para-hydroxylation sites is 1. The van der Waals surface area contributed by atoms with E-state index < -0.39 is 0 Å². The fourth-order valence-corrected chi connectivity index (χ4v) is 5.60. The first kappa shape index (κ1) is 27.8. The minimum Gasteiger partial charge on any atom is -0.501 e. The molecule has 42 heavy (non-hydrogen) atoms. The Labute approximate surface area is 259 Å². The number of fused-ring (bicyclic) bond motifs is 3. The first-order valence-corrected chi connectivity index (χ1v) is 14.0. The van der Waals surface area contributed by atoms with E-state index in [-0.39, 0.29) is 20.1 Å². The summed E-state index contributed by atoms with van der Waals surface area (Å²) < 4.78 is 8.34. The summed E-state index contributed by atoms with van der Waals surface area (Å²) in [5, 5.41) is 2.24. The van der Waals surface area contributed by atoms with E-state index in [9.17, 15) is 0 Å². The maximum Gasteiger partial charge on any atom is 0.120 e. The number of benzene rings is 4. The van der Waals surface area contributed by atoms with E-state index in [1.54, 1.807) is 0 Å². The van der Waals surface area contributed by atoms with Gasteiger partial charge in [-0.2, -0.15) is 0 Å².